The number of rotatable bonds is 6. The quantitative estimate of drug-likeness (QED) is 0.763. The van der Waals surface area contributed by atoms with E-state index in [4.69, 9.17) is 10.5 Å². The van der Waals surface area contributed by atoms with Gasteiger partial charge in [-0.05, 0) is 12.3 Å². The summed E-state index contributed by atoms with van der Waals surface area (Å²) in [6.07, 6.45) is 2.48. The van der Waals surface area contributed by atoms with Crippen molar-refractivity contribution in [1.29, 1.82) is 0 Å². The van der Waals surface area contributed by atoms with Gasteiger partial charge in [0.2, 0.25) is 0 Å². The normalized spacial score (nSPS) is 10.9. The van der Waals surface area contributed by atoms with E-state index in [9.17, 15) is 0 Å². The molecular weight excluding hydrogens is 216 g/mol. The van der Waals surface area contributed by atoms with Crippen molar-refractivity contribution in [2.24, 2.45) is 0 Å². The number of ether oxygens (including phenoxy) is 1. The van der Waals surface area contributed by atoms with Crippen molar-refractivity contribution < 1.29 is 4.74 Å². The maximum atomic E-state index is 5.91. The Morgan fingerprint density at radius 2 is 2.12 bits per heavy atom. The first-order valence-corrected chi connectivity index (χ1v) is 5.88. The van der Waals surface area contributed by atoms with Crippen molar-refractivity contribution in [2.45, 2.75) is 26.2 Å². The van der Waals surface area contributed by atoms with E-state index in [2.05, 4.69) is 28.7 Å². The van der Waals surface area contributed by atoms with Crippen molar-refractivity contribution in [2.75, 3.05) is 37.9 Å². The van der Waals surface area contributed by atoms with E-state index in [0.717, 1.165) is 31.0 Å². The highest BCUT2D eigenvalue weighted by Gasteiger charge is 2.15. The number of methoxy groups -OCH3 is 1. The summed E-state index contributed by atoms with van der Waals surface area (Å²) in [5, 5.41) is 0. The number of anilines is 2. The van der Waals surface area contributed by atoms with Gasteiger partial charge in [-0.3, -0.25) is 0 Å². The summed E-state index contributed by atoms with van der Waals surface area (Å²) in [4.78, 5) is 10.5. The molecule has 0 aliphatic heterocycles. The highest BCUT2D eigenvalue weighted by Crippen LogP contribution is 2.28. The molecule has 0 amide bonds. The maximum absolute atomic E-state index is 5.91. The average Bonchev–Trinajstić information content (AvgIpc) is 2.28. The maximum Gasteiger partial charge on any atom is 0.137 e. The molecule has 0 atom stereocenters. The second-order valence-corrected chi connectivity index (χ2v) is 4.42. The zero-order valence-electron chi connectivity index (χ0n) is 11.1. The van der Waals surface area contributed by atoms with Crippen molar-refractivity contribution in [3.8, 4) is 0 Å². The SMILES string of the molecule is COCCCN(C)c1ncnc(N)c1C(C)C. The molecule has 0 radical (unpaired) electrons. The fourth-order valence-corrected chi connectivity index (χ4v) is 1.81. The van der Waals surface area contributed by atoms with E-state index < -0.39 is 0 Å². The topological polar surface area (TPSA) is 64.3 Å². The van der Waals surface area contributed by atoms with E-state index in [1.54, 1.807) is 7.11 Å². The number of hydrogen-bond donors (Lipinski definition) is 1. The lowest BCUT2D eigenvalue weighted by atomic mass is 10.0. The Balaban J connectivity index is 2.85. The van der Waals surface area contributed by atoms with Crippen molar-refractivity contribution in [3.63, 3.8) is 0 Å². The molecule has 96 valence electrons. The Bertz CT molecular complexity index is 354. The van der Waals surface area contributed by atoms with Crippen LogP contribution < -0.4 is 10.6 Å². The number of nitrogens with zero attached hydrogens (tertiary/aromatic N) is 3. The fraction of sp³-hybridized carbons (Fsp3) is 0.667. The molecular formula is C12H22N4O. The van der Waals surface area contributed by atoms with E-state index in [1.165, 1.54) is 6.33 Å². The summed E-state index contributed by atoms with van der Waals surface area (Å²) in [7, 11) is 3.73. The first-order valence-electron chi connectivity index (χ1n) is 5.88. The molecule has 1 rings (SSSR count). The average molecular weight is 238 g/mol. The minimum atomic E-state index is 0.316. The molecule has 0 saturated heterocycles. The Morgan fingerprint density at radius 3 is 2.71 bits per heavy atom. The van der Waals surface area contributed by atoms with Gasteiger partial charge in [-0.25, -0.2) is 9.97 Å². The van der Waals surface area contributed by atoms with Crippen molar-refractivity contribution in [3.05, 3.63) is 11.9 Å². The zero-order chi connectivity index (χ0) is 12.8. The third kappa shape index (κ3) is 3.56. The van der Waals surface area contributed by atoms with Gasteiger partial charge in [0.25, 0.3) is 0 Å². The van der Waals surface area contributed by atoms with Crippen LogP contribution >= 0.6 is 0 Å². The molecule has 0 bridgehead atoms. The molecule has 1 aromatic heterocycles. The number of nitrogens with two attached hydrogens (primary N) is 1. The lowest BCUT2D eigenvalue weighted by Gasteiger charge is -2.23. The molecule has 0 spiro atoms. The molecule has 2 N–H and O–H groups in total. The molecule has 0 aromatic carbocycles. The first-order chi connectivity index (χ1) is 8.07. The third-order valence-electron chi connectivity index (χ3n) is 2.67. The smallest absolute Gasteiger partial charge is 0.137 e. The van der Waals surface area contributed by atoms with Crippen LogP contribution in [-0.2, 0) is 4.74 Å². The second kappa shape index (κ2) is 6.39. The summed E-state index contributed by atoms with van der Waals surface area (Å²) in [5.41, 5.74) is 6.93. The van der Waals surface area contributed by atoms with Gasteiger partial charge in [0, 0.05) is 32.9 Å². The lowest BCUT2D eigenvalue weighted by Crippen LogP contribution is -2.23. The third-order valence-corrected chi connectivity index (χ3v) is 2.67. The fourth-order valence-electron chi connectivity index (χ4n) is 1.81. The van der Waals surface area contributed by atoms with Gasteiger partial charge in [-0.15, -0.1) is 0 Å². The predicted molar refractivity (Wildman–Crippen MR) is 70.3 cm³/mol. The molecule has 0 aliphatic rings. The molecule has 0 fully saturated rings. The Kier molecular flexibility index (Phi) is 5.15. The molecule has 1 aromatic rings. The number of nitrogen functional groups attached to an aromatic ring is 1. The summed E-state index contributed by atoms with van der Waals surface area (Å²) in [6, 6.07) is 0. The largest absolute Gasteiger partial charge is 0.385 e. The Hall–Kier alpha value is -1.36. The molecule has 5 heteroatoms. The Labute approximate surface area is 103 Å². The van der Waals surface area contributed by atoms with Gasteiger partial charge in [0.15, 0.2) is 0 Å². The van der Waals surface area contributed by atoms with E-state index in [1.807, 2.05) is 7.05 Å². The van der Waals surface area contributed by atoms with Crippen molar-refractivity contribution >= 4 is 11.6 Å². The van der Waals surface area contributed by atoms with E-state index in [0.29, 0.717) is 11.7 Å². The van der Waals surface area contributed by atoms with Crippen LogP contribution in [0.5, 0.6) is 0 Å². The van der Waals surface area contributed by atoms with Gasteiger partial charge in [0.05, 0.1) is 0 Å². The summed E-state index contributed by atoms with van der Waals surface area (Å²) >= 11 is 0. The van der Waals surface area contributed by atoms with Crippen LogP contribution in [-0.4, -0.2) is 37.3 Å². The highest BCUT2D eigenvalue weighted by molar-refractivity contribution is 5.57. The van der Waals surface area contributed by atoms with Crippen LogP contribution in [0, 0.1) is 0 Å². The van der Waals surface area contributed by atoms with Crippen LogP contribution in [0.25, 0.3) is 0 Å². The van der Waals surface area contributed by atoms with Gasteiger partial charge in [-0.1, -0.05) is 13.8 Å². The minimum absolute atomic E-state index is 0.316. The highest BCUT2D eigenvalue weighted by atomic mass is 16.5. The van der Waals surface area contributed by atoms with Gasteiger partial charge >= 0.3 is 0 Å². The van der Waals surface area contributed by atoms with Crippen LogP contribution in [0.1, 0.15) is 31.7 Å². The standard InChI is InChI=1S/C12H22N4O/c1-9(2)10-11(13)14-8-15-12(10)16(3)6-5-7-17-4/h8-9H,5-7H2,1-4H3,(H2,13,14,15). The second-order valence-electron chi connectivity index (χ2n) is 4.42. The summed E-state index contributed by atoms with van der Waals surface area (Å²) < 4.78 is 5.05. The first kappa shape index (κ1) is 13.7. The molecule has 1 heterocycles. The molecule has 5 nitrogen and oxygen atoms in total. The van der Waals surface area contributed by atoms with Gasteiger partial charge in [-0.2, -0.15) is 0 Å². The monoisotopic (exact) mass is 238 g/mol. The molecule has 0 saturated carbocycles. The van der Waals surface area contributed by atoms with E-state index in [-0.39, 0.29) is 0 Å². The molecule has 0 aliphatic carbocycles. The van der Waals surface area contributed by atoms with Gasteiger partial charge < -0.3 is 15.4 Å². The van der Waals surface area contributed by atoms with Crippen LogP contribution in [0.15, 0.2) is 6.33 Å². The molecule has 0 unspecified atom stereocenters. The van der Waals surface area contributed by atoms with E-state index >= 15 is 0 Å². The van der Waals surface area contributed by atoms with Crippen LogP contribution in [0.3, 0.4) is 0 Å². The zero-order valence-corrected chi connectivity index (χ0v) is 11.1. The summed E-state index contributed by atoms with van der Waals surface area (Å²) in [6.45, 7) is 5.84. The summed E-state index contributed by atoms with van der Waals surface area (Å²) in [5.74, 6) is 1.81. The predicted octanol–water partition coefficient (Wildman–Crippen LogP) is 1.65. The number of aromatic nitrogens is 2. The van der Waals surface area contributed by atoms with Crippen LogP contribution in [0.2, 0.25) is 0 Å². The lowest BCUT2D eigenvalue weighted by molar-refractivity contribution is 0.196. The van der Waals surface area contributed by atoms with Crippen molar-refractivity contribution in [1.82, 2.24) is 9.97 Å². The minimum Gasteiger partial charge on any atom is -0.385 e. The van der Waals surface area contributed by atoms with Crippen LogP contribution in [0.4, 0.5) is 11.6 Å². The molecule has 17 heavy (non-hydrogen) atoms. The number of hydrogen-bond acceptors (Lipinski definition) is 5. The van der Waals surface area contributed by atoms with Gasteiger partial charge in [0.1, 0.15) is 18.0 Å². The Morgan fingerprint density at radius 1 is 1.41 bits per heavy atom.